The highest BCUT2D eigenvalue weighted by atomic mass is 16.3. The summed E-state index contributed by atoms with van der Waals surface area (Å²) in [4.78, 5) is 17.5. The number of carbonyl (C=O) groups excluding carboxylic acids is 1. The highest BCUT2D eigenvalue weighted by Crippen LogP contribution is 2.22. The first-order chi connectivity index (χ1) is 8.08. The van der Waals surface area contributed by atoms with Crippen LogP contribution in [0.25, 0.3) is 0 Å². The Balaban J connectivity index is 2.10. The average molecular weight is 234 g/mol. The van der Waals surface area contributed by atoms with E-state index in [1.54, 1.807) is 12.3 Å². The highest BCUT2D eigenvalue weighted by molar-refractivity contribution is 5.92. The minimum absolute atomic E-state index is 0.0148. The number of hydrogen-bond donors (Lipinski definition) is 1. The number of ketones is 1. The summed E-state index contributed by atoms with van der Waals surface area (Å²) in [5.41, 5.74) is 1.52. The number of anilines is 1. The van der Waals surface area contributed by atoms with Gasteiger partial charge in [0.1, 0.15) is 5.69 Å². The van der Waals surface area contributed by atoms with Crippen LogP contribution >= 0.6 is 0 Å². The van der Waals surface area contributed by atoms with Crippen molar-refractivity contribution in [1.29, 1.82) is 0 Å². The standard InChI is InChI=1S/C13H18N2O2/c1-9-8-15(6-5-13(9)17)11-3-4-12(10(2)16)14-7-11/h3-4,7,9,13,17H,5-6,8H2,1-2H3. The Morgan fingerprint density at radius 2 is 2.29 bits per heavy atom. The molecule has 17 heavy (non-hydrogen) atoms. The van der Waals surface area contributed by atoms with Gasteiger partial charge in [-0.3, -0.25) is 9.78 Å². The van der Waals surface area contributed by atoms with Crippen molar-refractivity contribution >= 4 is 11.5 Å². The van der Waals surface area contributed by atoms with E-state index in [1.807, 2.05) is 13.0 Å². The van der Waals surface area contributed by atoms with E-state index in [2.05, 4.69) is 9.88 Å². The number of aromatic nitrogens is 1. The summed E-state index contributed by atoms with van der Waals surface area (Å²) < 4.78 is 0. The van der Waals surface area contributed by atoms with E-state index in [1.165, 1.54) is 6.92 Å². The van der Waals surface area contributed by atoms with Crippen LogP contribution in [0, 0.1) is 5.92 Å². The van der Waals surface area contributed by atoms with E-state index in [0.717, 1.165) is 25.2 Å². The fourth-order valence-corrected chi connectivity index (χ4v) is 2.15. The number of rotatable bonds is 2. The number of pyridine rings is 1. The van der Waals surface area contributed by atoms with Gasteiger partial charge in [0.25, 0.3) is 0 Å². The van der Waals surface area contributed by atoms with E-state index < -0.39 is 0 Å². The minimum Gasteiger partial charge on any atom is -0.393 e. The molecule has 0 aliphatic carbocycles. The summed E-state index contributed by atoms with van der Waals surface area (Å²) in [6.07, 6.45) is 2.33. The molecule has 0 amide bonds. The van der Waals surface area contributed by atoms with Crippen LogP contribution in [0.4, 0.5) is 5.69 Å². The summed E-state index contributed by atoms with van der Waals surface area (Å²) in [5.74, 6) is 0.259. The lowest BCUT2D eigenvalue weighted by atomic mass is 9.96. The van der Waals surface area contributed by atoms with Crippen LogP contribution in [0.1, 0.15) is 30.8 Å². The second-order valence-corrected chi connectivity index (χ2v) is 4.74. The van der Waals surface area contributed by atoms with Gasteiger partial charge in [0.2, 0.25) is 0 Å². The van der Waals surface area contributed by atoms with Crippen LogP contribution < -0.4 is 4.90 Å². The first-order valence-corrected chi connectivity index (χ1v) is 5.98. The van der Waals surface area contributed by atoms with Crippen LogP contribution in [0.5, 0.6) is 0 Å². The fourth-order valence-electron chi connectivity index (χ4n) is 2.15. The van der Waals surface area contributed by atoms with Crippen molar-refractivity contribution in [3.05, 3.63) is 24.0 Å². The predicted molar refractivity (Wildman–Crippen MR) is 66.2 cm³/mol. The second kappa shape index (κ2) is 4.84. The maximum absolute atomic E-state index is 11.1. The molecule has 0 spiro atoms. The predicted octanol–water partition coefficient (Wildman–Crippen LogP) is 1.49. The van der Waals surface area contributed by atoms with E-state index in [-0.39, 0.29) is 17.8 Å². The van der Waals surface area contributed by atoms with Crippen LogP contribution in [0.3, 0.4) is 0 Å². The number of nitrogens with zero attached hydrogens (tertiary/aromatic N) is 2. The quantitative estimate of drug-likeness (QED) is 0.788. The molecule has 92 valence electrons. The minimum atomic E-state index is -0.198. The monoisotopic (exact) mass is 234 g/mol. The lowest BCUT2D eigenvalue weighted by Crippen LogP contribution is -2.42. The second-order valence-electron chi connectivity index (χ2n) is 4.74. The van der Waals surface area contributed by atoms with Gasteiger partial charge in [-0.1, -0.05) is 6.92 Å². The lowest BCUT2D eigenvalue weighted by Gasteiger charge is -2.35. The van der Waals surface area contributed by atoms with Crippen molar-refractivity contribution in [1.82, 2.24) is 4.98 Å². The smallest absolute Gasteiger partial charge is 0.178 e. The Hall–Kier alpha value is -1.42. The number of aliphatic hydroxyl groups excluding tert-OH is 1. The van der Waals surface area contributed by atoms with Gasteiger partial charge < -0.3 is 10.0 Å². The molecule has 1 aliphatic rings. The van der Waals surface area contributed by atoms with Crippen molar-refractivity contribution < 1.29 is 9.90 Å². The Labute approximate surface area is 101 Å². The molecule has 0 radical (unpaired) electrons. The summed E-state index contributed by atoms with van der Waals surface area (Å²) in [5, 5.41) is 9.67. The Morgan fingerprint density at radius 1 is 1.53 bits per heavy atom. The summed E-state index contributed by atoms with van der Waals surface area (Å²) >= 11 is 0. The first kappa shape index (κ1) is 12.0. The number of aliphatic hydroxyl groups is 1. The number of piperidine rings is 1. The molecule has 1 aliphatic heterocycles. The Kier molecular flexibility index (Phi) is 3.43. The molecule has 1 aromatic rings. The molecule has 2 unspecified atom stereocenters. The van der Waals surface area contributed by atoms with Crippen molar-refractivity contribution in [2.75, 3.05) is 18.0 Å². The van der Waals surface area contributed by atoms with Crippen LogP contribution in [0.2, 0.25) is 0 Å². The zero-order valence-corrected chi connectivity index (χ0v) is 10.3. The van der Waals surface area contributed by atoms with Gasteiger partial charge in [0.15, 0.2) is 5.78 Å². The zero-order valence-electron chi connectivity index (χ0n) is 10.3. The number of carbonyl (C=O) groups is 1. The van der Waals surface area contributed by atoms with Gasteiger partial charge in [-0.25, -0.2) is 0 Å². The van der Waals surface area contributed by atoms with Crippen LogP contribution in [-0.2, 0) is 0 Å². The van der Waals surface area contributed by atoms with Crippen molar-refractivity contribution in [2.24, 2.45) is 5.92 Å². The summed E-state index contributed by atoms with van der Waals surface area (Å²) in [6.45, 7) is 5.24. The van der Waals surface area contributed by atoms with Crippen LogP contribution in [0.15, 0.2) is 18.3 Å². The van der Waals surface area contributed by atoms with E-state index in [9.17, 15) is 9.90 Å². The molecule has 1 fully saturated rings. The molecule has 0 aromatic carbocycles. The van der Waals surface area contributed by atoms with Gasteiger partial charge in [-0.2, -0.15) is 0 Å². The molecule has 0 saturated carbocycles. The summed E-state index contributed by atoms with van der Waals surface area (Å²) in [7, 11) is 0. The molecule has 1 aromatic heterocycles. The van der Waals surface area contributed by atoms with Gasteiger partial charge in [0, 0.05) is 20.0 Å². The Morgan fingerprint density at radius 3 is 2.82 bits per heavy atom. The third-order valence-electron chi connectivity index (χ3n) is 3.33. The third kappa shape index (κ3) is 2.64. The van der Waals surface area contributed by atoms with E-state index in [4.69, 9.17) is 0 Å². The van der Waals surface area contributed by atoms with E-state index >= 15 is 0 Å². The van der Waals surface area contributed by atoms with Crippen molar-refractivity contribution in [3.8, 4) is 0 Å². The molecule has 0 bridgehead atoms. The van der Waals surface area contributed by atoms with Crippen molar-refractivity contribution in [3.63, 3.8) is 0 Å². The average Bonchev–Trinajstić information content (AvgIpc) is 2.33. The van der Waals surface area contributed by atoms with Crippen molar-refractivity contribution in [2.45, 2.75) is 26.4 Å². The van der Waals surface area contributed by atoms with Gasteiger partial charge >= 0.3 is 0 Å². The zero-order chi connectivity index (χ0) is 12.4. The normalized spacial score (nSPS) is 24.8. The summed E-state index contributed by atoms with van der Waals surface area (Å²) in [6, 6.07) is 3.68. The third-order valence-corrected chi connectivity index (χ3v) is 3.33. The largest absolute Gasteiger partial charge is 0.393 e. The molecular weight excluding hydrogens is 216 g/mol. The lowest BCUT2D eigenvalue weighted by molar-refractivity contribution is 0.0971. The van der Waals surface area contributed by atoms with Gasteiger partial charge in [-0.15, -0.1) is 0 Å². The molecular formula is C13H18N2O2. The molecule has 2 rings (SSSR count). The highest BCUT2D eigenvalue weighted by Gasteiger charge is 2.24. The maximum atomic E-state index is 11.1. The molecule has 4 nitrogen and oxygen atoms in total. The number of hydrogen-bond acceptors (Lipinski definition) is 4. The van der Waals surface area contributed by atoms with Crippen LogP contribution in [-0.4, -0.2) is 35.1 Å². The molecule has 2 heterocycles. The van der Waals surface area contributed by atoms with E-state index in [0.29, 0.717) is 5.69 Å². The number of Topliss-reactive ketones (excluding diaryl/α,β-unsaturated/α-hetero) is 1. The first-order valence-electron chi connectivity index (χ1n) is 5.98. The molecule has 1 N–H and O–H groups in total. The topological polar surface area (TPSA) is 53.4 Å². The van der Waals surface area contributed by atoms with Gasteiger partial charge in [0.05, 0.1) is 18.0 Å². The van der Waals surface area contributed by atoms with Gasteiger partial charge in [-0.05, 0) is 24.5 Å². The molecule has 1 saturated heterocycles. The SMILES string of the molecule is CC(=O)c1ccc(N2CCC(O)C(C)C2)cn1. The maximum Gasteiger partial charge on any atom is 0.178 e. The molecule has 2 atom stereocenters. The molecule has 4 heteroatoms. The Bertz CT molecular complexity index is 402. The fraction of sp³-hybridized carbons (Fsp3) is 0.538.